The topological polar surface area (TPSA) is 87.3 Å². The fraction of sp³-hybridized carbons (Fsp3) is 0.273. The highest BCUT2D eigenvalue weighted by Gasteiger charge is 2.22. The predicted molar refractivity (Wildman–Crippen MR) is 60.2 cm³/mol. The summed E-state index contributed by atoms with van der Waals surface area (Å²) in [5.74, 6) is -0.132. The van der Waals surface area contributed by atoms with Crippen LogP contribution >= 0.6 is 0 Å². The molecule has 0 spiro atoms. The molecule has 2 rings (SSSR count). The molecule has 2 heterocycles. The normalized spacial score (nSPS) is 10.2. The number of esters is 1. The molecule has 7 nitrogen and oxygen atoms in total. The van der Waals surface area contributed by atoms with Gasteiger partial charge in [-0.25, -0.2) is 14.8 Å². The quantitative estimate of drug-likeness (QED) is 0.756. The first-order valence-electron chi connectivity index (χ1n) is 5.08. The van der Waals surface area contributed by atoms with Gasteiger partial charge in [0.25, 0.3) is 0 Å². The lowest BCUT2D eigenvalue weighted by molar-refractivity contribution is 0.0599. The summed E-state index contributed by atoms with van der Waals surface area (Å²) < 4.78 is 14.5. The van der Waals surface area contributed by atoms with Crippen molar-refractivity contribution in [1.82, 2.24) is 15.1 Å². The van der Waals surface area contributed by atoms with Crippen LogP contribution in [0.1, 0.15) is 16.1 Å². The number of aryl methyl sites for hydroxylation is 1. The molecule has 0 aliphatic carbocycles. The van der Waals surface area contributed by atoms with Gasteiger partial charge in [-0.1, -0.05) is 5.16 Å². The highest BCUT2D eigenvalue weighted by Crippen LogP contribution is 2.25. The molecule has 2 aromatic heterocycles. The van der Waals surface area contributed by atoms with E-state index in [1.807, 2.05) is 0 Å². The molecule has 0 radical (unpaired) electrons. The van der Waals surface area contributed by atoms with Crippen molar-refractivity contribution in [3.8, 4) is 17.3 Å². The van der Waals surface area contributed by atoms with Crippen LogP contribution in [0.15, 0.2) is 16.9 Å². The Bertz CT molecular complexity index is 562. The molecule has 18 heavy (non-hydrogen) atoms. The summed E-state index contributed by atoms with van der Waals surface area (Å²) in [4.78, 5) is 19.5. The number of aromatic nitrogens is 3. The number of carbonyl (C=O) groups excluding carboxylic acids is 1. The number of nitrogens with zero attached hydrogens (tertiary/aromatic N) is 3. The van der Waals surface area contributed by atoms with E-state index in [1.165, 1.54) is 26.6 Å². The lowest BCUT2D eigenvalue weighted by Crippen LogP contribution is -2.04. The summed E-state index contributed by atoms with van der Waals surface area (Å²) in [6.45, 7) is 1.63. The van der Waals surface area contributed by atoms with E-state index in [1.54, 1.807) is 6.92 Å². The Morgan fingerprint density at radius 3 is 2.50 bits per heavy atom. The second-order valence-electron chi connectivity index (χ2n) is 3.41. The minimum absolute atomic E-state index is 0.235. The van der Waals surface area contributed by atoms with Crippen LogP contribution in [0, 0.1) is 6.92 Å². The van der Waals surface area contributed by atoms with Gasteiger partial charge in [-0.05, 0) is 6.92 Å². The number of hydrogen-bond donors (Lipinski definition) is 0. The van der Waals surface area contributed by atoms with Gasteiger partial charge in [0.05, 0.1) is 14.2 Å². The Balaban J connectivity index is 2.47. The van der Waals surface area contributed by atoms with Crippen LogP contribution in [-0.4, -0.2) is 35.3 Å². The van der Waals surface area contributed by atoms with E-state index in [2.05, 4.69) is 19.9 Å². The fourth-order valence-corrected chi connectivity index (χ4v) is 1.46. The van der Waals surface area contributed by atoms with Gasteiger partial charge >= 0.3 is 12.0 Å². The zero-order valence-electron chi connectivity index (χ0n) is 10.1. The third kappa shape index (κ3) is 2.02. The van der Waals surface area contributed by atoms with E-state index < -0.39 is 5.97 Å². The van der Waals surface area contributed by atoms with Crippen LogP contribution in [0.5, 0.6) is 6.01 Å². The molecule has 0 saturated carbocycles. The van der Waals surface area contributed by atoms with E-state index >= 15 is 0 Å². The second-order valence-corrected chi connectivity index (χ2v) is 3.41. The molecule has 0 bridgehead atoms. The maximum absolute atomic E-state index is 11.6. The number of ether oxygens (including phenoxy) is 2. The van der Waals surface area contributed by atoms with Crippen molar-refractivity contribution in [2.45, 2.75) is 6.92 Å². The molecule has 0 aliphatic heterocycles. The zero-order chi connectivity index (χ0) is 13.1. The first-order chi connectivity index (χ1) is 8.67. The maximum Gasteiger partial charge on any atom is 0.343 e. The Labute approximate surface area is 103 Å². The Hall–Kier alpha value is -2.44. The molecule has 0 amide bonds. The monoisotopic (exact) mass is 249 g/mol. The zero-order valence-corrected chi connectivity index (χ0v) is 10.1. The van der Waals surface area contributed by atoms with Crippen LogP contribution in [0.4, 0.5) is 0 Å². The summed E-state index contributed by atoms with van der Waals surface area (Å²) in [5, 5.41) is 3.81. The van der Waals surface area contributed by atoms with E-state index in [0.29, 0.717) is 17.0 Å². The van der Waals surface area contributed by atoms with Gasteiger partial charge in [0.2, 0.25) is 0 Å². The third-order valence-corrected chi connectivity index (χ3v) is 2.34. The minimum atomic E-state index is -0.514. The van der Waals surface area contributed by atoms with Crippen LogP contribution in [0.3, 0.4) is 0 Å². The van der Waals surface area contributed by atoms with Gasteiger partial charge in [-0.15, -0.1) is 0 Å². The van der Waals surface area contributed by atoms with E-state index in [0.717, 1.165) is 0 Å². The largest absolute Gasteiger partial charge is 0.467 e. The average molecular weight is 249 g/mol. The van der Waals surface area contributed by atoms with Gasteiger partial charge < -0.3 is 14.0 Å². The Morgan fingerprint density at radius 1 is 1.28 bits per heavy atom. The molecule has 0 saturated heterocycles. The summed E-state index contributed by atoms with van der Waals surface area (Å²) in [6, 6.07) is 0.235. The van der Waals surface area contributed by atoms with Gasteiger partial charge in [0.1, 0.15) is 17.0 Å². The number of methoxy groups -OCH3 is 2. The smallest absolute Gasteiger partial charge is 0.343 e. The van der Waals surface area contributed by atoms with Crippen LogP contribution in [0.25, 0.3) is 11.3 Å². The third-order valence-electron chi connectivity index (χ3n) is 2.34. The number of rotatable bonds is 3. The maximum atomic E-state index is 11.6. The molecule has 0 fully saturated rings. The van der Waals surface area contributed by atoms with Crippen molar-refractivity contribution in [3.63, 3.8) is 0 Å². The fourth-order valence-electron chi connectivity index (χ4n) is 1.46. The van der Waals surface area contributed by atoms with E-state index in [4.69, 9.17) is 9.26 Å². The molecule has 0 aliphatic rings. The lowest BCUT2D eigenvalue weighted by Gasteiger charge is -2.01. The Kier molecular flexibility index (Phi) is 3.22. The first kappa shape index (κ1) is 12.0. The average Bonchev–Trinajstić information content (AvgIpc) is 2.80. The summed E-state index contributed by atoms with van der Waals surface area (Å²) in [5.41, 5.74) is 1.17. The van der Waals surface area contributed by atoms with Gasteiger partial charge in [0.15, 0.2) is 0 Å². The Morgan fingerprint density at radius 2 is 1.94 bits per heavy atom. The van der Waals surface area contributed by atoms with Crippen molar-refractivity contribution in [3.05, 3.63) is 23.7 Å². The lowest BCUT2D eigenvalue weighted by atomic mass is 10.1. The molecule has 0 unspecified atom stereocenters. The number of hydrogen-bond acceptors (Lipinski definition) is 7. The summed E-state index contributed by atoms with van der Waals surface area (Å²) in [7, 11) is 2.76. The molecule has 94 valence electrons. The molecule has 0 aromatic carbocycles. The van der Waals surface area contributed by atoms with Crippen molar-refractivity contribution in [2.75, 3.05) is 14.2 Å². The summed E-state index contributed by atoms with van der Waals surface area (Å²) in [6.07, 6.45) is 2.99. The molecule has 0 N–H and O–H groups in total. The van der Waals surface area contributed by atoms with Crippen molar-refractivity contribution in [2.24, 2.45) is 0 Å². The van der Waals surface area contributed by atoms with Crippen LogP contribution < -0.4 is 4.74 Å². The summed E-state index contributed by atoms with van der Waals surface area (Å²) >= 11 is 0. The highest BCUT2D eigenvalue weighted by molar-refractivity contribution is 5.96. The molecule has 2 aromatic rings. The van der Waals surface area contributed by atoms with Gasteiger partial charge in [0, 0.05) is 18.0 Å². The SMILES string of the molecule is COC(=O)c1c(-c2cnc(OC)nc2)noc1C. The molecular formula is C11H11N3O4. The van der Waals surface area contributed by atoms with Crippen molar-refractivity contribution in [1.29, 1.82) is 0 Å². The van der Waals surface area contributed by atoms with Gasteiger partial charge in [-0.2, -0.15) is 0 Å². The van der Waals surface area contributed by atoms with Crippen molar-refractivity contribution < 1.29 is 18.8 Å². The minimum Gasteiger partial charge on any atom is -0.467 e. The van der Waals surface area contributed by atoms with Crippen LogP contribution in [0.2, 0.25) is 0 Å². The van der Waals surface area contributed by atoms with Crippen molar-refractivity contribution >= 4 is 5.97 Å². The van der Waals surface area contributed by atoms with E-state index in [-0.39, 0.29) is 11.6 Å². The second kappa shape index (κ2) is 4.82. The number of carbonyl (C=O) groups is 1. The van der Waals surface area contributed by atoms with E-state index in [9.17, 15) is 4.79 Å². The van der Waals surface area contributed by atoms with Gasteiger partial charge in [-0.3, -0.25) is 0 Å². The first-order valence-corrected chi connectivity index (χ1v) is 5.08. The molecule has 7 heteroatoms. The molecule has 0 atom stereocenters. The van der Waals surface area contributed by atoms with Crippen LogP contribution in [-0.2, 0) is 4.74 Å². The predicted octanol–water partition coefficient (Wildman–Crippen LogP) is 1.24. The highest BCUT2D eigenvalue weighted by atomic mass is 16.5. The molecular weight excluding hydrogens is 238 g/mol. The standard InChI is InChI=1S/C11H11N3O4/c1-6-8(10(15)16-2)9(14-18-6)7-4-12-11(17-3)13-5-7/h4-5H,1-3H3.